The van der Waals surface area contributed by atoms with E-state index in [0.717, 1.165) is 11.1 Å². The molecule has 154 valence electrons. The van der Waals surface area contributed by atoms with E-state index in [1.807, 2.05) is 54.6 Å². The van der Waals surface area contributed by atoms with Crippen molar-refractivity contribution in [2.75, 3.05) is 14.2 Å². The summed E-state index contributed by atoms with van der Waals surface area (Å²) in [5.74, 6) is -0.760. The molecule has 1 N–H and O–H groups in total. The summed E-state index contributed by atoms with van der Waals surface area (Å²) in [6, 6.07) is 16.3. The number of methoxy groups -OCH3 is 2. The molecule has 7 heteroatoms. The van der Waals surface area contributed by atoms with Crippen LogP contribution in [0.2, 0.25) is 0 Å². The van der Waals surface area contributed by atoms with Crippen LogP contribution in [0.1, 0.15) is 24.0 Å². The van der Waals surface area contributed by atoms with Gasteiger partial charge in [0, 0.05) is 12.8 Å². The second-order valence-electron chi connectivity index (χ2n) is 6.34. The Balaban J connectivity index is 1.91. The van der Waals surface area contributed by atoms with E-state index in [0.29, 0.717) is 12.4 Å². The lowest BCUT2D eigenvalue weighted by Crippen LogP contribution is -2.43. The molecule has 0 aliphatic heterocycles. The Bertz CT molecular complexity index is 804. The maximum atomic E-state index is 12.0. The van der Waals surface area contributed by atoms with E-state index >= 15 is 0 Å². The van der Waals surface area contributed by atoms with Gasteiger partial charge in [0.15, 0.2) is 0 Å². The van der Waals surface area contributed by atoms with Crippen molar-refractivity contribution in [3.63, 3.8) is 0 Å². The first-order valence-corrected chi connectivity index (χ1v) is 9.21. The van der Waals surface area contributed by atoms with Crippen LogP contribution in [0, 0.1) is 0 Å². The Morgan fingerprint density at radius 1 is 0.862 bits per heavy atom. The van der Waals surface area contributed by atoms with Crippen LogP contribution < -0.4 is 10.1 Å². The molecule has 1 amide bonds. The number of ether oxygens (including phenoxy) is 3. The number of hydrogen-bond acceptors (Lipinski definition) is 6. The highest BCUT2D eigenvalue weighted by Gasteiger charge is 2.22. The van der Waals surface area contributed by atoms with Gasteiger partial charge in [0.2, 0.25) is 5.91 Å². The van der Waals surface area contributed by atoms with Crippen molar-refractivity contribution in [1.29, 1.82) is 0 Å². The fourth-order valence-electron chi connectivity index (χ4n) is 2.62. The van der Waals surface area contributed by atoms with E-state index < -0.39 is 23.9 Å². The van der Waals surface area contributed by atoms with Crippen LogP contribution in [0.15, 0.2) is 54.6 Å². The molecule has 29 heavy (non-hydrogen) atoms. The molecule has 0 spiro atoms. The van der Waals surface area contributed by atoms with Gasteiger partial charge in [-0.3, -0.25) is 9.59 Å². The molecule has 2 rings (SSSR count). The summed E-state index contributed by atoms with van der Waals surface area (Å²) >= 11 is 0. The van der Waals surface area contributed by atoms with Gasteiger partial charge in [-0.15, -0.1) is 0 Å². The Morgan fingerprint density at radius 2 is 1.55 bits per heavy atom. The number of carbonyl (C=O) groups is 3. The molecule has 0 bridgehead atoms. The molecule has 0 aliphatic rings. The summed E-state index contributed by atoms with van der Waals surface area (Å²) < 4.78 is 15.0. The van der Waals surface area contributed by atoms with Crippen molar-refractivity contribution in [1.82, 2.24) is 5.32 Å². The Morgan fingerprint density at radius 3 is 2.17 bits per heavy atom. The van der Waals surface area contributed by atoms with Gasteiger partial charge in [-0.2, -0.15) is 0 Å². The molecule has 0 saturated heterocycles. The molecule has 0 aromatic heterocycles. The SMILES string of the molecule is COC(=O)CCC(=O)N[C@@H](Cc1ccc(OCc2ccccc2)cc1)C(=O)OC. The third-order valence-electron chi connectivity index (χ3n) is 4.22. The molecule has 2 aromatic carbocycles. The smallest absolute Gasteiger partial charge is 0.328 e. The number of benzene rings is 2. The standard InChI is InChI=1S/C22H25NO6/c1-27-21(25)13-12-20(24)23-19(22(26)28-2)14-16-8-10-18(11-9-16)29-15-17-6-4-3-5-7-17/h3-11,19H,12-15H2,1-2H3,(H,23,24)/t19-/m0/s1. The van der Waals surface area contributed by atoms with Crippen LogP contribution in [-0.4, -0.2) is 38.1 Å². The summed E-state index contributed by atoms with van der Waals surface area (Å²) in [4.78, 5) is 35.2. The van der Waals surface area contributed by atoms with Crippen LogP contribution in [-0.2, 0) is 36.9 Å². The highest BCUT2D eigenvalue weighted by molar-refractivity contribution is 5.86. The summed E-state index contributed by atoms with van der Waals surface area (Å²) in [5.41, 5.74) is 1.90. The molecule has 0 heterocycles. The Hall–Kier alpha value is -3.35. The second-order valence-corrected chi connectivity index (χ2v) is 6.34. The number of esters is 2. The number of amides is 1. The van der Waals surface area contributed by atoms with Crippen molar-refractivity contribution in [2.24, 2.45) is 0 Å². The molecule has 0 unspecified atom stereocenters. The highest BCUT2D eigenvalue weighted by atomic mass is 16.5. The molecular formula is C22H25NO6. The zero-order valence-electron chi connectivity index (χ0n) is 16.6. The molecule has 0 aliphatic carbocycles. The average Bonchev–Trinajstić information content (AvgIpc) is 2.76. The van der Waals surface area contributed by atoms with Gasteiger partial charge in [0.05, 0.1) is 20.6 Å². The van der Waals surface area contributed by atoms with Gasteiger partial charge < -0.3 is 19.5 Å². The summed E-state index contributed by atoms with van der Waals surface area (Å²) in [6.07, 6.45) is 0.145. The molecule has 0 fully saturated rings. The second kappa shape index (κ2) is 11.5. The van der Waals surface area contributed by atoms with Gasteiger partial charge in [0.25, 0.3) is 0 Å². The molecular weight excluding hydrogens is 374 g/mol. The maximum absolute atomic E-state index is 12.0. The van der Waals surface area contributed by atoms with Crippen LogP contribution in [0.25, 0.3) is 0 Å². The van der Waals surface area contributed by atoms with E-state index in [1.165, 1.54) is 14.2 Å². The molecule has 0 saturated carbocycles. The van der Waals surface area contributed by atoms with Crippen molar-refractivity contribution < 1.29 is 28.6 Å². The van der Waals surface area contributed by atoms with E-state index in [9.17, 15) is 14.4 Å². The minimum Gasteiger partial charge on any atom is -0.489 e. The number of nitrogens with one attached hydrogen (secondary N) is 1. The molecule has 1 atom stereocenters. The van der Waals surface area contributed by atoms with E-state index in [1.54, 1.807) is 0 Å². The topological polar surface area (TPSA) is 90.9 Å². The fourth-order valence-corrected chi connectivity index (χ4v) is 2.62. The van der Waals surface area contributed by atoms with Crippen molar-refractivity contribution in [3.05, 3.63) is 65.7 Å². The van der Waals surface area contributed by atoms with Crippen LogP contribution in [0.4, 0.5) is 0 Å². The van der Waals surface area contributed by atoms with E-state index in [-0.39, 0.29) is 19.3 Å². The quantitative estimate of drug-likeness (QED) is 0.617. The maximum Gasteiger partial charge on any atom is 0.328 e. The predicted molar refractivity (Wildman–Crippen MR) is 106 cm³/mol. The van der Waals surface area contributed by atoms with Crippen LogP contribution in [0.5, 0.6) is 5.75 Å². The predicted octanol–water partition coefficient (Wildman–Crippen LogP) is 2.42. The van der Waals surface area contributed by atoms with Crippen molar-refractivity contribution >= 4 is 17.8 Å². The highest BCUT2D eigenvalue weighted by Crippen LogP contribution is 2.16. The first-order chi connectivity index (χ1) is 14.0. The summed E-state index contributed by atoms with van der Waals surface area (Å²) in [7, 11) is 2.52. The third-order valence-corrected chi connectivity index (χ3v) is 4.22. The van der Waals surface area contributed by atoms with E-state index in [2.05, 4.69) is 10.1 Å². The van der Waals surface area contributed by atoms with Gasteiger partial charge in [-0.25, -0.2) is 4.79 Å². The fraction of sp³-hybridized carbons (Fsp3) is 0.318. The normalized spacial score (nSPS) is 11.2. The Kier molecular flexibility index (Phi) is 8.69. The first kappa shape index (κ1) is 21.9. The number of hydrogen-bond donors (Lipinski definition) is 1. The third kappa shape index (κ3) is 7.65. The van der Waals surface area contributed by atoms with Gasteiger partial charge >= 0.3 is 11.9 Å². The molecule has 2 aromatic rings. The number of rotatable bonds is 10. The monoisotopic (exact) mass is 399 g/mol. The molecule has 0 radical (unpaired) electrons. The first-order valence-electron chi connectivity index (χ1n) is 9.21. The summed E-state index contributed by atoms with van der Waals surface area (Å²) in [6.45, 7) is 0.460. The lowest BCUT2D eigenvalue weighted by Gasteiger charge is -2.17. The minimum atomic E-state index is -0.846. The lowest BCUT2D eigenvalue weighted by atomic mass is 10.1. The Labute approximate surface area is 170 Å². The van der Waals surface area contributed by atoms with Gasteiger partial charge in [-0.05, 0) is 23.3 Å². The number of carbonyl (C=O) groups excluding carboxylic acids is 3. The van der Waals surface area contributed by atoms with Crippen LogP contribution >= 0.6 is 0 Å². The van der Waals surface area contributed by atoms with Crippen LogP contribution in [0.3, 0.4) is 0 Å². The molecule has 7 nitrogen and oxygen atoms in total. The van der Waals surface area contributed by atoms with Gasteiger partial charge in [-0.1, -0.05) is 42.5 Å². The van der Waals surface area contributed by atoms with Crippen molar-refractivity contribution in [3.8, 4) is 5.75 Å². The lowest BCUT2D eigenvalue weighted by molar-refractivity contribution is -0.145. The summed E-state index contributed by atoms with van der Waals surface area (Å²) in [5, 5.41) is 2.60. The average molecular weight is 399 g/mol. The zero-order chi connectivity index (χ0) is 21.1. The zero-order valence-corrected chi connectivity index (χ0v) is 16.6. The largest absolute Gasteiger partial charge is 0.489 e. The van der Waals surface area contributed by atoms with Crippen molar-refractivity contribution in [2.45, 2.75) is 31.9 Å². The van der Waals surface area contributed by atoms with E-state index in [4.69, 9.17) is 9.47 Å². The minimum absolute atomic E-state index is 0.0519. The van der Waals surface area contributed by atoms with Gasteiger partial charge in [0.1, 0.15) is 18.4 Å².